The van der Waals surface area contributed by atoms with E-state index in [1.54, 1.807) is 0 Å². The maximum atomic E-state index is 14.4. The Balaban J connectivity index is 1.92. The van der Waals surface area contributed by atoms with Crippen LogP contribution in [0.4, 0.5) is 39.5 Å². The normalized spacial score (nSPS) is 18.0. The second kappa shape index (κ2) is 9.59. The average molecular weight is 562 g/mol. The average Bonchev–Trinajstić information content (AvgIpc) is 3.32. The van der Waals surface area contributed by atoms with Crippen molar-refractivity contribution in [1.29, 1.82) is 0 Å². The van der Waals surface area contributed by atoms with Gasteiger partial charge in [0.1, 0.15) is 6.29 Å². The van der Waals surface area contributed by atoms with Crippen LogP contribution < -0.4 is 10.8 Å². The van der Waals surface area contributed by atoms with Crippen LogP contribution in [0.1, 0.15) is 32.6 Å². The molecule has 3 aromatic rings. The number of aldehydes is 1. The van der Waals surface area contributed by atoms with Crippen molar-refractivity contribution in [2.24, 2.45) is 0 Å². The summed E-state index contributed by atoms with van der Waals surface area (Å²) in [5.74, 6) is -0.664. The highest BCUT2D eigenvalue weighted by Crippen LogP contribution is 2.50. The molecule has 0 saturated heterocycles. The van der Waals surface area contributed by atoms with Gasteiger partial charge < -0.3 is 10.1 Å². The van der Waals surface area contributed by atoms with Crippen molar-refractivity contribution < 1.29 is 53.9 Å². The van der Waals surface area contributed by atoms with Gasteiger partial charge in [-0.3, -0.25) is 15.1 Å². The number of rotatable bonds is 5. The van der Waals surface area contributed by atoms with Gasteiger partial charge in [0.25, 0.3) is 5.91 Å². The summed E-state index contributed by atoms with van der Waals surface area (Å²) in [5.41, 5.74) is -7.44. The minimum absolute atomic E-state index is 0.00619. The molecule has 1 unspecified atom stereocenters. The first-order valence-electron chi connectivity index (χ1n) is 10.9. The Kier molecular flexibility index (Phi) is 6.88. The molecule has 0 radical (unpaired) electrons. The number of hydrogen-bond acceptors (Lipinski definition) is 4. The van der Waals surface area contributed by atoms with Crippen molar-refractivity contribution in [2.45, 2.75) is 24.1 Å². The maximum absolute atomic E-state index is 14.4. The molecule has 4 rings (SSSR count). The number of carbonyl (C=O) groups is 2. The molecule has 14 heteroatoms. The molecule has 5 nitrogen and oxygen atoms in total. The van der Waals surface area contributed by atoms with E-state index in [0.717, 1.165) is 0 Å². The van der Waals surface area contributed by atoms with E-state index >= 15 is 0 Å². The van der Waals surface area contributed by atoms with Crippen LogP contribution in [0.5, 0.6) is 0 Å². The van der Waals surface area contributed by atoms with Crippen LogP contribution in [0.25, 0.3) is 16.5 Å². The van der Waals surface area contributed by atoms with E-state index in [1.165, 1.54) is 36.4 Å². The molecule has 1 aliphatic heterocycles. The van der Waals surface area contributed by atoms with E-state index < -0.39 is 52.4 Å². The number of alkyl halides is 9. The number of hydrogen-bond donors (Lipinski definition) is 2. The summed E-state index contributed by atoms with van der Waals surface area (Å²) in [5, 5.41) is 2.77. The maximum Gasteiger partial charge on any atom is 0.428 e. The Morgan fingerprint density at radius 1 is 0.872 bits per heavy atom. The number of fused-ring (bicyclic) bond motifs is 1. The van der Waals surface area contributed by atoms with E-state index in [-0.39, 0.29) is 46.6 Å². The molecule has 1 amide bonds. The Bertz CT molecular complexity index is 1440. The van der Waals surface area contributed by atoms with Crippen molar-refractivity contribution in [1.82, 2.24) is 10.8 Å². The summed E-state index contributed by atoms with van der Waals surface area (Å²) in [6.07, 6.45) is -15.5. The highest BCUT2D eigenvalue weighted by Gasteiger charge is 2.60. The molecule has 1 aliphatic rings. The van der Waals surface area contributed by atoms with Crippen LogP contribution in [0.2, 0.25) is 0 Å². The topological polar surface area (TPSA) is 67.4 Å². The summed E-state index contributed by atoms with van der Waals surface area (Å²) in [4.78, 5) is 27.8. The minimum Gasteiger partial charge on any atom is -0.345 e. The third kappa shape index (κ3) is 5.15. The number of carbonyl (C=O) groups excluding carboxylic acids is 2. The smallest absolute Gasteiger partial charge is 0.345 e. The van der Waals surface area contributed by atoms with E-state index in [1.807, 2.05) is 5.48 Å². The summed E-state index contributed by atoms with van der Waals surface area (Å²) in [6, 6.07) is 7.98. The molecule has 0 aliphatic carbocycles. The first-order chi connectivity index (χ1) is 18.1. The molecule has 39 heavy (non-hydrogen) atoms. The fourth-order valence-electron chi connectivity index (χ4n) is 4.11. The lowest BCUT2D eigenvalue weighted by molar-refractivity contribution is -0.269. The Morgan fingerprint density at radius 3 is 2.00 bits per heavy atom. The zero-order chi connectivity index (χ0) is 28.8. The predicted octanol–water partition coefficient (Wildman–Crippen LogP) is 6.14. The fourth-order valence-corrected chi connectivity index (χ4v) is 4.11. The largest absolute Gasteiger partial charge is 0.428 e. The van der Waals surface area contributed by atoms with Crippen LogP contribution in [0.3, 0.4) is 0 Å². The Hall–Kier alpha value is -4.07. The zero-order valence-electron chi connectivity index (χ0n) is 19.2. The standard InChI is InChI=1S/C25H15F9N2O3/c26-23(27,28)14-9-13(10-15(11-14)24(29,30)31)22(25(32,33)34)12-20(36-39-22)18-5-6-19(21(38)35-7-8-37)17-4-2-1-3-16(17)18/h1-6,8-12,36H,7H2,(H,35,38). The molecule has 0 fully saturated rings. The molecule has 3 aromatic carbocycles. The van der Waals surface area contributed by atoms with Crippen LogP contribution in [-0.2, 0) is 27.6 Å². The minimum atomic E-state index is -5.51. The van der Waals surface area contributed by atoms with Gasteiger partial charge in [0.05, 0.1) is 23.4 Å². The van der Waals surface area contributed by atoms with Crippen molar-refractivity contribution in [3.8, 4) is 0 Å². The molecule has 0 bridgehead atoms. The second-order valence-corrected chi connectivity index (χ2v) is 8.37. The quantitative estimate of drug-likeness (QED) is 0.290. The lowest BCUT2D eigenvalue weighted by atomic mass is 9.88. The van der Waals surface area contributed by atoms with E-state index in [4.69, 9.17) is 4.84 Å². The van der Waals surface area contributed by atoms with Crippen LogP contribution in [0, 0.1) is 0 Å². The van der Waals surface area contributed by atoms with Crippen molar-refractivity contribution in [3.63, 3.8) is 0 Å². The van der Waals surface area contributed by atoms with Gasteiger partial charge in [0, 0.05) is 16.7 Å². The number of hydroxylamine groups is 1. The van der Waals surface area contributed by atoms with Gasteiger partial charge in [-0.2, -0.15) is 39.5 Å². The lowest BCUT2D eigenvalue weighted by Crippen LogP contribution is -2.43. The first-order valence-corrected chi connectivity index (χ1v) is 10.9. The lowest BCUT2D eigenvalue weighted by Gasteiger charge is -2.29. The van der Waals surface area contributed by atoms with Gasteiger partial charge in [-0.15, -0.1) is 0 Å². The summed E-state index contributed by atoms with van der Waals surface area (Å²) in [7, 11) is 0. The van der Waals surface area contributed by atoms with Gasteiger partial charge in [-0.1, -0.05) is 30.3 Å². The molecular weight excluding hydrogens is 547 g/mol. The summed E-state index contributed by atoms with van der Waals surface area (Å²) in [6.45, 7) is -0.305. The number of halogens is 9. The molecule has 0 saturated carbocycles. The van der Waals surface area contributed by atoms with Crippen LogP contribution >= 0.6 is 0 Å². The third-order valence-corrected chi connectivity index (χ3v) is 5.91. The third-order valence-electron chi connectivity index (χ3n) is 5.91. The number of nitrogens with one attached hydrogen (secondary N) is 2. The Morgan fingerprint density at radius 2 is 1.46 bits per heavy atom. The van der Waals surface area contributed by atoms with Gasteiger partial charge in [-0.25, -0.2) is 0 Å². The SMILES string of the molecule is O=CCNC(=O)c1ccc(C2=CC(c3cc(C(F)(F)F)cc(C(F)(F)F)c3)(C(F)(F)F)ON2)c2ccccc12. The molecule has 206 valence electrons. The monoisotopic (exact) mass is 562 g/mol. The van der Waals surface area contributed by atoms with Crippen LogP contribution in [-0.4, -0.2) is 24.9 Å². The van der Waals surface area contributed by atoms with Crippen molar-refractivity contribution in [3.05, 3.63) is 88.5 Å². The van der Waals surface area contributed by atoms with E-state index in [0.29, 0.717) is 12.4 Å². The van der Waals surface area contributed by atoms with Gasteiger partial charge >= 0.3 is 18.5 Å². The molecule has 1 heterocycles. The second-order valence-electron chi connectivity index (χ2n) is 8.37. The van der Waals surface area contributed by atoms with Gasteiger partial charge in [0.2, 0.25) is 5.60 Å². The predicted molar refractivity (Wildman–Crippen MR) is 119 cm³/mol. The fraction of sp³-hybridized carbons (Fsp3) is 0.200. The number of amides is 1. The van der Waals surface area contributed by atoms with Gasteiger partial charge in [0.15, 0.2) is 0 Å². The summed E-state index contributed by atoms with van der Waals surface area (Å²) >= 11 is 0. The van der Waals surface area contributed by atoms with Crippen molar-refractivity contribution >= 4 is 28.7 Å². The Labute approximate surface area is 213 Å². The molecule has 2 N–H and O–H groups in total. The van der Waals surface area contributed by atoms with E-state index in [9.17, 15) is 49.1 Å². The molecule has 0 spiro atoms. The molecule has 0 aromatic heterocycles. The molecule has 1 atom stereocenters. The van der Waals surface area contributed by atoms with Crippen LogP contribution in [0.15, 0.2) is 60.7 Å². The van der Waals surface area contributed by atoms with E-state index in [2.05, 4.69) is 5.32 Å². The number of benzene rings is 3. The first kappa shape index (κ1) is 28.0. The molecular formula is C25H15F9N2O3. The summed E-state index contributed by atoms with van der Waals surface area (Å²) < 4.78 is 123. The highest BCUT2D eigenvalue weighted by molar-refractivity contribution is 6.10. The van der Waals surface area contributed by atoms with Crippen molar-refractivity contribution in [2.75, 3.05) is 6.54 Å². The highest BCUT2D eigenvalue weighted by atomic mass is 19.4. The zero-order valence-corrected chi connectivity index (χ0v) is 19.2. The van der Waals surface area contributed by atoms with Gasteiger partial charge in [-0.05, 0) is 41.1 Å².